The lowest BCUT2D eigenvalue weighted by Gasteiger charge is -2.09. The molecule has 0 unspecified atom stereocenters. The predicted molar refractivity (Wildman–Crippen MR) is 76.1 cm³/mol. The molecule has 0 saturated heterocycles. The molecule has 0 fully saturated rings. The monoisotopic (exact) mass is 286 g/mol. The molecule has 1 aromatic carbocycles. The van der Waals surface area contributed by atoms with E-state index in [0.717, 1.165) is 0 Å². The van der Waals surface area contributed by atoms with Gasteiger partial charge in [-0.3, -0.25) is 4.79 Å². The second-order valence-corrected chi connectivity index (χ2v) is 4.90. The van der Waals surface area contributed by atoms with Crippen molar-refractivity contribution in [2.24, 2.45) is 0 Å². The summed E-state index contributed by atoms with van der Waals surface area (Å²) in [4.78, 5) is 15.9. The van der Waals surface area contributed by atoms with E-state index in [4.69, 9.17) is 11.6 Å². The lowest BCUT2D eigenvalue weighted by Crippen LogP contribution is -2.13. The van der Waals surface area contributed by atoms with Gasteiger partial charge in [-0.2, -0.15) is 0 Å². The maximum Gasteiger partial charge on any atom is 0.317 e. The average Bonchev–Trinajstić information content (AvgIpc) is 2.82. The van der Waals surface area contributed by atoms with Gasteiger partial charge in [0.15, 0.2) is 0 Å². The quantitative estimate of drug-likeness (QED) is 0.804. The number of hydrogen-bond acceptors (Lipinski definition) is 2. The molecule has 4 nitrogen and oxygen atoms in total. The second-order valence-electron chi connectivity index (χ2n) is 4.46. The molecule has 0 aliphatic rings. The smallest absolute Gasteiger partial charge is 0.317 e. The molecule has 1 atom stereocenters. The summed E-state index contributed by atoms with van der Waals surface area (Å²) in [5, 5.41) is 10.1. The maximum absolute atomic E-state index is 11.6. The van der Waals surface area contributed by atoms with Crippen LogP contribution in [0.4, 0.5) is 0 Å². The Morgan fingerprint density at radius 1 is 1.15 bits per heavy atom. The van der Waals surface area contributed by atoms with E-state index < -0.39 is 11.9 Å². The van der Waals surface area contributed by atoms with Gasteiger partial charge in [0.1, 0.15) is 11.6 Å². The molecule has 2 aromatic heterocycles. The minimum absolute atomic E-state index is 0.492. The van der Waals surface area contributed by atoms with E-state index in [1.54, 1.807) is 41.1 Å². The van der Waals surface area contributed by atoms with Crippen molar-refractivity contribution < 1.29 is 9.90 Å². The van der Waals surface area contributed by atoms with Crippen molar-refractivity contribution in [3.8, 4) is 0 Å². The first-order valence-electron chi connectivity index (χ1n) is 6.07. The summed E-state index contributed by atoms with van der Waals surface area (Å²) in [7, 11) is 0. The second kappa shape index (κ2) is 4.98. The number of carboxylic acid groups (broad SMARTS) is 1. The summed E-state index contributed by atoms with van der Waals surface area (Å²) < 4.78 is 1.73. The normalized spacial score (nSPS) is 12.4. The first-order chi connectivity index (χ1) is 9.65. The summed E-state index contributed by atoms with van der Waals surface area (Å²) in [6.45, 7) is 0. The Morgan fingerprint density at radius 2 is 1.90 bits per heavy atom. The van der Waals surface area contributed by atoms with Crippen molar-refractivity contribution in [2.45, 2.75) is 5.92 Å². The van der Waals surface area contributed by atoms with Crippen LogP contribution in [0.1, 0.15) is 17.2 Å². The van der Waals surface area contributed by atoms with Gasteiger partial charge in [0.2, 0.25) is 0 Å². The Bertz CT molecular complexity index is 768. The van der Waals surface area contributed by atoms with E-state index in [2.05, 4.69) is 4.98 Å². The number of pyridine rings is 1. The molecule has 0 bridgehead atoms. The number of aliphatic carboxylic acids is 1. The molecule has 5 heteroatoms. The zero-order valence-corrected chi connectivity index (χ0v) is 11.2. The minimum atomic E-state index is -0.925. The zero-order chi connectivity index (χ0) is 14.1. The Kier molecular flexibility index (Phi) is 3.16. The van der Waals surface area contributed by atoms with E-state index in [1.165, 1.54) is 0 Å². The van der Waals surface area contributed by atoms with Crippen LogP contribution in [0.3, 0.4) is 0 Å². The molecule has 0 aliphatic heterocycles. The van der Waals surface area contributed by atoms with Crippen molar-refractivity contribution in [2.75, 3.05) is 0 Å². The first-order valence-corrected chi connectivity index (χ1v) is 6.45. The Morgan fingerprint density at radius 3 is 2.60 bits per heavy atom. The van der Waals surface area contributed by atoms with Crippen LogP contribution < -0.4 is 0 Å². The molecule has 0 radical (unpaired) electrons. The largest absolute Gasteiger partial charge is 0.480 e. The lowest BCUT2D eigenvalue weighted by atomic mass is 9.96. The SMILES string of the molecule is O=C(O)[C@H](c1ccccc1)c1cn2cc(Cl)ccc2n1. The maximum atomic E-state index is 11.6. The fraction of sp³-hybridized carbons (Fsp3) is 0.0667. The molecular formula is C15H11ClN2O2. The highest BCUT2D eigenvalue weighted by atomic mass is 35.5. The van der Waals surface area contributed by atoms with Crippen LogP contribution in [-0.4, -0.2) is 20.5 Å². The summed E-state index contributed by atoms with van der Waals surface area (Å²) in [6, 6.07) is 12.6. The van der Waals surface area contributed by atoms with Crippen LogP contribution in [0.2, 0.25) is 5.02 Å². The first kappa shape index (κ1) is 12.7. The van der Waals surface area contributed by atoms with Gasteiger partial charge in [-0.1, -0.05) is 41.9 Å². The van der Waals surface area contributed by atoms with Crippen molar-refractivity contribution >= 4 is 23.2 Å². The van der Waals surface area contributed by atoms with Crippen LogP contribution in [0.25, 0.3) is 5.65 Å². The number of rotatable bonds is 3. The number of nitrogens with zero attached hydrogens (tertiary/aromatic N) is 2. The number of hydrogen-bond donors (Lipinski definition) is 1. The lowest BCUT2D eigenvalue weighted by molar-refractivity contribution is -0.137. The van der Waals surface area contributed by atoms with Crippen LogP contribution in [-0.2, 0) is 4.79 Å². The summed E-state index contributed by atoms with van der Waals surface area (Å²) >= 11 is 5.92. The molecule has 0 amide bonds. The van der Waals surface area contributed by atoms with Gasteiger partial charge in [0.05, 0.1) is 10.7 Å². The molecule has 1 N–H and O–H groups in total. The highest BCUT2D eigenvalue weighted by Crippen LogP contribution is 2.25. The van der Waals surface area contributed by atoms with Crippen molar-refractivity contribution in [1.29, 1.82) is 0 Å². The standard InChI is InChI=1S/C15H11ClN2O2/c16-11-6-7-13-17-12(9-18(13)8-11)14(15(19)20)10-4-2-1-3-5-10/h1-9,14H,(H,19,20)/t14-/m1/s1. The molecule has 0 aliphatic carbocycles. The van der Waals surface area contributed by atoms with E-state index in [0.29, 0.717) is 21.9 Å². The zero-order valence-electron chi connectivity index (χ0n) is 10.4. The highest BCUT2D eigenvalue weighted by molar-refractivity contribution is 6.30. The van der Waals surface area contributed by atoms with Crippen LogP contribution in [0.15, 0.2) is 54.9 Å². The number of benzene rings is 1. The summed E-state index contributed by atoms with van der Waals surface area (Å²) in [5.74, 6) is -1.71. The van der Waals surface area contributed by atoms with Crippen molar-refractivity contribution in [1.82, 2.24) is 9.38 Å². The van der Waals surface area contributed by atoms with Gasteiger partial charge in [0.25, 0.3) is 0 Å². The van der Waals surface area contributed by atoms with Gasteiger partial charge >= 0.3 is 5.97 Å². The minimum Gasteiger partial charge on any atom is -0.480 e. The predicted octanol–water partition coefficient (Wildman–Crippen LogP) is 3.20. The third-order valence-electron chi connectivity index (χ3n) is 3.11. The average molecular weight is 287 g/mol. The molecule has 2 heterocycles. The number of carbonyl (C=O) groups is 1. The van der Waals surface area contributed by atoms with Gasteiger partial charge in [-0.05, 0) is 17.7 Å². The molecule has 0 saturated carbocycles. The van der Waals surface area contributed by atoms with E-state index in [-0.39, 0.29) is 0 Å². The fourth-order valence-electron chi connectivity index (χ4n) is 2.21. The Labute approximate surface area is 120 Å². The summed E-state index contributed by atoms with van der Waals surface area (Å²) in [5.41, 5.74) is 1.87. The molecule has 0 spiro atoms. The van der Waals surface area contributed by atoms with Crippen LogP contribution in [0, 0.1) is 0 Å². The molecule has 100 valence electrons. The third-order valence-corrected chi connectivity index (χ3v) is 3.33. The van der Waals surface area contributed by atoms with Gasteiger partial charge < -0.3 is 9.51 Å². The highest BCUT2D eigenvalue weighted by Gasteiger charge is 2.24. The van der Waals surface area contributed by atoms with E-state index in [1.807, 2.05) is 18.2 Å². The number of imidazole rings is 1. The Balaban J connectivity index is 2.13. The summed E-state index contributed by atoms with van der Waals surface area (Å²) in [6.07, 6.45) is 3.41. The number of halogens is 1. The number of aromatic nitrogens is 2. The fourth-order valence-corrected chi connectivity index (χ4v) is 2.38. The molecule has 20 heavy (non-hydrogen) atoms. The van der Waals surface area contributed by atoms with Crippen molar-refractivity contribution in [3.63, 3.8) is 0 Å². The molecule has 3 rings (SSSR count). The Hall–Kier alpha value is -2.33. The molecular weight excluding hydrogens is 276 g/mol. The molecule has 3 aromatic rings. The van der Waals surface area contributed by atoms with Gasteiger partial charge in [0, 0.05) is 12.4 Å². The van der Waals surface area contributed by atoms with Gasteiger partial charge in [-0.15, -0.1) is 0 Å². The van der Waals surface area contributed by atoms with E-state index in [9.17, 15) is 9.90 Å². The van der Waals surface area contributed by atoms with Crippen molar-refractivity contribution in [3.05, 3.63) is 71.1 Å². The van der Waals surface area contributed by atoms with Crippen LogP contribution >= 0.6 is 11.6 Å². The van der Waals surface area contributed by atoms with Crippen LogP contribution in [0.5, 0.6) is 0 Å². The van der Waals surface area contributed by atoms with Gasteiger partial charge in [-0.25, -0.2) is 4.98 Å². The van der Waals surface area contributed by atoms with E-state index >= 15 is 0 Å². The third kappa shape index (κ3) is 2.26. The number of fused-ring (bicyclic) bond motifs is 1. The number of carboxylic acids is 1. The topological polar surface area (TPSA) is 54.6 Å².